The Morgan fingerprint density at radius 2 is 2.20 bits per heavy atom. The fourth-order valence-electron chi connectivity index (χ4n) is 3.45. The summed E-state index contributed by atoms with van der Waals surface area (Å²) < 4.78 is 6.77. The molecule has 1 aliphatic rings. The van der Waals surface area contributed by atoms with Gasteiger partial charge in [0, 0.05) is 7.05 Å². The van der Waals surface area contributed by atoms with Crippen molar-refractivity contribution in [2.45, 2.75) is 38.5 Å². The van der Waals surface area contributed by atoms with Crippen LogP contribution < -0.4 is 5.76 Å². The van der Waals surface area contributed by atoms with Crippen LogP contribution in [-0.4, -0.2) is 4.57 Å². The van der Waals surface area contributed by atoms with Crippen LogP contribution in [0.1, 0.15) is 44.1 Å². The number of aryl methyl sites for hydroxylation is 1. The number of aromatic nitrogens is 1. The monoisotopic (exact) mass is 293 g/mol. The number of nitrogens with zero attached hydrogens (tertiary/aromatic N) is 1. The van der Waals surface area contributed by atoms with E-state index in [1.165, 1.54) is 17.4 Å². The van der Waals surface area contributed by atoms with Gasteiger partial charge in [-0.05, 0) is 41.9 Å². The molecule has 1 heterocycles. The van der Waals surface area contributed by atoms with Gasteiger partial charge in [-0.25, -0.2) is 4.79 Å². The first-order valence-corrected chi connectivity index (χ1v) is 7.57. The Balaban J connectivity index is 2.00. The number of alkyl halides is 1. The molecule has 2 unspecified atom stereocenters. The summed E-state index contributed by atoms with van der Waals surface area (Å²) in [7, 11) is 1.71. The van der Waals surface area contributed by atoms with Gasteiger partial charge in [0.25, 0.3) is 0 Å². The predicted molar refractivity (Wildman–Crippen MR) is 81.2 cm³/mol. The molecule has 1 aromatic carbocycles. The van der Waals surface area contributed by atoms with Crippen molar-refractivity contribution in [1.29, 1.82) is 0 Å². The van der Waals surface area contributed by atoms with Crippen LogP contribution in [0.25, 0.3) is 11.1 Å². The maximum atomic E-state index is 11.5. The summed E-state index contributed by atoms with van der Waals surface area (Å²) in [5.41, 5.74) is 2.76. The van der Waals surface area contributed by atoms with Crippen LogP contribution in [0.2, 0.25) is 0 Å². The lowest BCUT2D eigenvalue weighted by atomic mass is 9.78. The highest BCUT2D eigenvalue weighted by Crippen LogP contribution is 2.51. The van der Waals surface area contributed by atoms with Crippen LogP contribution >= 0.6 is 11.6 Å². The van der Waals surface area contributed by atoms with E-state index in [2.05, 4.69) is 13.8 Å². The molecule has 1 saturated carbocycles. The van der Waals surface area contributed by atoms with Crippen molar-refractivity contribution >= 4 is 22.7 Å². The zero-order valence-corrected chi connectivity index (χ0v) is 12.9. The van der Waals surface area contributed by atoms with E-state index >= 15 is 0 Å². The summed E-state index contributed by atoms with van der Waals surface area (Å²) in [6, 6.07) is 5.86. The van der Waals surface area contributed by atoms with Crippen LogP contribution in [0.3, 0.4) is 0 Å². The molecule has 1 aromatic heterocycles. The molecular formula is C16H20ClNO2. The molecule has 1 fully saturated rings. The summed E-state index contributed by atoms with van der Waals surface area (Å²) in [5, 5.41) is -0.0255. The van der Waals surface area contributed by atoms with Gasteiger partial charge >= 0.3 is 5.76 Å². The Kier molecular flexibility index (Phi) is 3.20. The van der Waals surface area contributed by atoms with Crippen molar-refractivity contribution in [3.8, 4) is 0 Å². The highest BCUT2D eigenvalue weighted by Gasteiger charge is 2.39. The Labute approximate surface area is 123 Å². The summed E-state index contributed by atoms with van der Waals surface area (Å²) in [4.78, 5) is 11.5. The minimum atomic E-state index is -0.329. The quantitative estimate of drug-likeness (QED) is 0.776. The first-order valence-electron chi connectivity index (χ1n) is 7.14. The fraction of sp³-hybridized carbons (Fsp3) is 0.562. The van der Waals surface area contributed by atoms with Crippen molar-refractivity contribution in [3.05, 3.63) is 34.3 Å². The lowest BCUT2D eigenvalue weighted by Crippen LogP contribution is -2.21. The number of oxazole rings is 1. The van der Waals surface area contributed by atoms with E-state index in [0.29, 0.717) is 11.5 Å². The van der Waals surface area contributed by atoms with Gasteiger partial charge in [-0.3, -0.25) is 4.57 Å². The SMILES string of the molecule is Cn1c(=O)oc2cc(C(Cl)C3CCCC3(C)C)ccc21. The molecule has 2 aromatic rings. The second-order valence-corrected chi connectivity index (χ2v) is 7.01. The number of hydrogen-bond donors (Lipinski definition) is 0. The zero-order chi connectivity index (χ0) is 14.5. The van der Waals surface area contributed by atoms with E-state index in [0.717, 1.165) is 17.5 Å². The van der Waals surface area contributed by atoms with E-state index in [-0.39, 0.29) is 16.5 Å². The normalized spacial score (nSPS) is 23.3. The first-order chi connectivity index (χ1) is 9.40. The third kappa shape index (κ3) is 2.08. The lowest BCUT2D eigenvalue weighted by Gasteiger charge is -2.31. The molecule has 4 heteroatoms. The Morgan fingerprint density at radius 1 is 1.45 bits per heavy atom. The highest BCUT2D eigenvalue weighted by atomic mass is 35.5. The Hall–Kier alpha value is -1.22. The van der Waals surface area contributed by atoms with Crippen molar-refractivity contribution < 1.29 is 4.42 Å². The highest BCUT2D eigenvalue weighted by molar-refractivity contribution is 6.21. The maximum Gasteiger partial charge on any atom is 0.419 e. The molecule has 108 valence electrons. The van der Waals surface area contributed by atoms with E-state index in [1.807, 2.05) is 18.2 Å². The molecule has 0 N–H and O–H groups in total. The lowest BCUT2D eigenvalue weighted by molar-refractivity contribution is 0.252. The predicted octanol–water partition coefficient (Wildman–Crippen LogP) is 4.24. The number of fused-ring (bicyclic) bond motifs is 1. The molecule has 0 amide bonds. The van der Waals surface area contributed by atoms with Gasteiger partial charge in [0.05, 0.1) is 10.9 Å². The average molecular weight is 294 g/mol. The zero-order valence-electron chi connectivity index (χ0n) is 12.1. The van der Waals surface area contributed by atoms with Gasteiger partial charge in [-0.15, -0.1) is 11.6 Å². The summed E-state index contributed by atoms with van der Waals surface area (Å²) in [6.07, 6.45) is 3.63. The van der Waals surface area contributed by atoms with Gasteiger partial charge in [-0.1, -0.05) is 26.3 Å². The van der Waals surface area contributed by atoms with Gasteiger partial charge < -0.3 is 4.42 Å². The molecule has 0 radical (unpaired) electrons. The molecule has 3 rings (SSSR count). The van der Waals surface area contributed by atoms with Crippen LogP contribution in [0.5, 0.6) is 0 Å². The third-order valence-electron chi connectivity index (χ3n) is 4.83. The minimum Gasteiger partial charge on any atom is -0.408 e. The first kappa shape index (κ1) is 13.7. The number of rotatable bonds is 2. The van der Waals surface area contributed by atoms with Crippen LogP contribution in [0, 0.1) is 11.3 Å². The second kappa shape index (κ2) is 4.66. The van der Waals surface area contributed by atoms with Crippen molar-refractivity contribution in [2.24, 2.45) is 18.4 Å². The average Bonchev–Trinajstić information content (AvgIpc) is 2.89. The smallest absolute Gasteiger partial charge is 0.408 e. The van der Waals surface area contributed by atoms with Crippen molar-refractivity contribution in [1.82, 2.24) is 4.57 Å². The molecule has 2 atom stereocenters. The van der Waals surface area contributed by atoms with Crippen LogP contribution in [-0.2, 0) is 7.05 Å². The molecule has 0 saturated heterocycles. The number of benzene rings is 1. The molecule has 1 aliphatic carbocycles. The van der Waals surface area contributed by atoms with Crippen LogP contribution in [0.4, 0.5) is 0 Å². The van der Waals surface area contributed by atoms with E-state index < -0.39 is 0 Å². The maximum absolute atomic E-state index is 11.5. The fourth-order valence-corrected chi connectivity index (χ4v) is 4.05. The van der Waals surface area contributed by atoms with E-state index in [9.17, 15) is 4.79 Å². The standard InChI is InChI=1S/C16H20ClNO2/c1-16(2)8-4-5-11(16)14(17)10-6-7-12-13(9-10)20-15(19)18(12)3/h6-7,9,11,14H,4-5,8H2,1-3H3. The molecule has 0 bridgehead atoms. The van der Waals surface area contributed by atoms with Crippen molar-refractivity contribution in [2.75, 3.05) is 0 Å². The van der Waals surface area contributed by atoms with Gasteiger partial charge in [0.1, 0.15) is 0 Å². The molecule has 0 aliphatic heterocycles. The molecule has 20 heavy (non-hydrogen) atoms. The Bertz CT molecular complexity index is 698. The molecule has 0 spiro atoms. The molecular weight excluding hydrogens is 274 g/mol. The number of hydrogen-bond acceptors (Lipinski definition) is 2. The second-order valence-electron chi connectivity index (χ2n) is 6.54. The van der Waals surface area contributed by atoms with Gasteiger partial charge in [0.15, 0.2) is 5.58 Å². The summed E-state index contributed by atoms with van der Waals surface area (Å²) >= 11 is 6.72. The Morgan fingerprint density at radius 3 is 2.85 bits per heavy atom. The number of halogens is 1. The summed E-state index contributed by atoms with van der Waals surface area (Å²) in [6.45, 7) is 4.59. The topological polar surface area (TPSA) is 35.1 Å². The van der Waals surface area contributed by atoms with Gasteiger partial charge in [-0.2, -0.15) is 0 Å². The van der Waals surface area contributed by atoms with Crippen LogP contribution in [0.15, 0.2) is 27.4 Å². The third-order valence-corrected chi connectivity index (χ3v) is 5.38. The molecule has 3 nitrogen and oxygen atoms in total. The largest absolute Gasteiger partial charge is 0.419 e. The summed E-state index contributed by atoms with van der Waals surface area (Å²) in [5.74, 6) is 0.140. The van der Waals surface area contributed by atoms with E-state index in [4.69, 9.17) is 16.0 Å². The van der Waals surface area contributed by atoms with Gasteiger partial charge in [0.2, 0.25) is 0 Å². The van der Waals surface area contributed by atoms with E-state index in [1.54, 1.807) is 7.05 Å². The minimum absolute atomic E-state index is 0.0255. The van der Waals surface area contributed by atoms with Crippen molar-refractivity contribution in [3.63, 3.8) is 0 Å².